The van der Waals surface area contributed by atoms with Crippen molar-refractivity contribution in [3.8, 4) is 5.75 Å². The van der Waals surface area contributed by atoms with E-state index in [-0.39, 0.29) is 11.4 Å². The second-order valence-electron chi connectivity index (χ2n) is 4.18. The number of benzene rings is 2. The first kappa shape index (κ1) is 14.3. The average Bonchev–Trinajstić information content (AvgIpc) is 2.36. The van der Waals surface area contributed by atoms with Gasteiger partial charge in [-0.3, -0.25) is 4.72 Å². The van der Waals surface area contributed by atoms with Gasteiger partial charge in [0.1, 0.15) is 22.3 Å². The van der Waals surface area contributed by atoms with E-state index < -0.39 is 26.6 Å². The molecule has 2 N–H and O–H groups in total. The van der Waals surface area contributed by atoms with Crippen molar-refractivity contribution >= 4 is 15.7 Å². The van der Waals surface area contributed by atoms with Crippen molar-refractivity contribution in [1.82, 2.24) is 0 Å². The molecule has 7 heteroatoms. The van der Waals surface area contributed by atoms with Gasteiger partial charge in [0.2, 0.25) is 0 Å². The van der Waals surface area contributed by atoms with Gasteiger partial charge in [-0.25, -0.2) is 17.2 Å². The molecule has 0 atom stereocenters. The molecule has 2 aromatic carbocycles. The van der Waals surface area contributed by atoms with Gasteiger partial charge in [-0.15, -0.1) is 0 Å². The lowest BCUT2D eigenvalue weighted by atomic mass is 10.2. The van der Waals surface area contributed by atoms with Crippen molar-refractivity contribution in [2.75, 3.05) is 4.72 Å². The Bertz CT molecular complexity index is 760. The maximum absolute atomic E-state index is 13.5. The van der Waals surface area contributed by atoms with Gasteiger partial charge in [-0.2, -0.15) is 0 Å². The van der Waals surface area contributed by atoms with Gasteiger partial charge in [0.15, 0.2) is 0 Å². The minimum absolute atomic E-state index is 0.0526. The molecule has 0 aliphatic carbocycles. The Hall–Kier alpha value is -2.15. The molecule has 0 fully saturated rings. The molecular formula is C13H11F2NO3S. The summed E-state index contributed by atoms with van der Waals surface area (Å²) in [6, 6.07) is 6.23. The van der Waals surface area contributed by atoms with Crippen LogP contribution in [0.3, 0.4) is 0 Å². The van der Waals surface area contributed by atoms with Crippen LogP contribution in [-0.4, -0.2) is 13.5 Å². The Balaban J connectivity index is 2.40. The Kier molecular flexibility index (Phi) is 3.63. The Morgan fingerprint density at radius 1 is 1.10 bits per heavy atom. The molecule has 0 saturated heterocycles. The summed E-state index contributed by atoms with van der Waals surface area (Å²) < 4.78 is 52.5. The lowest BCUT2D eigenvalue weighted by Crippen LogP contribution is -2.14. The second-order valence-corrected chi connectivity index (χ2v) is 5.83. The third-order valence-electron chi connectivity index (χ3n) is 2.64. The number of hydrogen-bond acceptors (Lipinski definition) is 3. The fraction of sp³-hybridized carbons (Fsp3) is 0.0769. The van der Waals surface area contributed by atoms with Crippen LogP contribution in [0.15, 0.2) is 41.3 Å². The Labute approximate surface area is 114 Å². The van der Waals surface area contributed by atoms with Gasteiger partial charge in [0.05, 0.1) is 5.69 Å². The summed E-state index contributed by atoms with van der Waals surface area (Å²) in [6.07, 6.45) is 0. The number of anilines is 1. The molecular weight excluding hydrogens is 288 g/mol. The predicted octanol–water partition coefficient (Wildman–Crippen LogP) is 2.78. The molecule has 0 heterocycles. The predicted molar refractivity (Wildman–Crippen MR) is 70.0 cm³/mol. The molecule has 106 valence electrons. The summed E-state index contributed by atoms with van der Waals surface area (Å²) in [5.41, 5.74) is 0.613. The Morgan fingerprint density at radius 3 is 2.45 bits per heavy atom. The van der Waals surface area contributed by atoms with Crippen LogP contribution in [-0.2, 0) is 10.0 Å². The van der Waals surface area contributed by atoms with Gasteiger partial charge < -0.3 is 5.11 Å². The third kappa shape index (κ3) is 2.88. The highest BCUT2D eigenvalue weighted by Crippen LogP contribution is 2.24. The summed E-state index contributed by atoms with van der Waals surface area (Å²) in [7, 11) is -4.27. The molecule has 20 heavy (non-hydrogen) atoms. The van der Waals surface area contributed by atoms with E-state index in [1.54, 1.807) is 6.92 Å². The first-order valence-corrected chi connectivity index (χ1v) is 7.05. The topological polar surface area (TPSA) is 66.4 Å². The molecule has 2 aromatic rings. The van der Waals surface area contributed by atoms with Crippen molar-refractivity contribution in [1.29, 1.82) is 0 Å². The van der Waals surface area contributed by atoms with Gasteiger partial charge in [0, 0.05) is 6.07 Å². The minimum atomic E-state index is -4.27. The molecule has 0 aliphatic heterocycles. The Morgan fingerprint density at radius 2 is 1.80 bits per heavy atom. The zero-order valence-electron chi connectivity index (χ0n) is 10.4. The van der Waals surface area contributed by atoms with Crippen LogP contribution >= 0.6 is 0 Å². The number of phenols is 1. The zero-order chi connectivity index (χ0) is 14.9. The number of nitrogens with one attached hydrogen (secondary N) is 1. The second kappa shape index (κ2) is 5.09. The number of hydrogen-bond donors (Lipinski definition) is 2. The fourth-order valence-corrected chi connectivity index (χ4v) is 2.71. The highest BCUT2D eigenvalue weighted by molar-refractivity contribution is 7.92. The van der Waals surface area contributed by atoms with Crippen LogP contribution in [0.2, 0.25) is 0 Å². The van der Waals surface area contributed by atoms with Gasteiger partial charge >= 0.3 is 0 Å². The van der Waals surface area contributed by atoms with E-state index >= 15 is 0 Å². The maximum Gasteiger partial charge on any atom is 0.264 e. The lowest BCUT2D eigenvalue weighted by Gasteiger charge is -2.10. The van der Waals surface area contributed by atoms with Crippen molar-refractivity contribution in [2.45, 2.75) is 11.8 Å². The number of sulfonamides is 1. The van der Waals surface area contributed by atoms with Crippen LogP contribution in [0.4, 0.5) is 14.5 Å². The highest BCUT2D eigenvalue weighted by Gasteiger charge is 2.20. The van der Waals surface area contributed by atoms with E-state index in [4.69, 9.17) is 0 Å². The molecule has 0 spiro atoms. The molecule has 0 saturated carbocycles. The fourth-order valence-electron chi connectivity index (χ4n) is 1.57. The van der Waals surface area contributed by atoms with E-state index in [0.29, 0.717) is 11.6 Å². The lowest BCUT2D eigenvalue weighted by molar-refractivity contribution is 0.471. The molecule has 0 amide bonds. The molecule has 4 nitrogen and oxygen atoms in total. The quantitative estimate of drug-likeness (QED) is 0.916. The smallest absolute Gasteiger partial charge is 0.264 e. The van der Waals surface area contributed by atoms with Crippen molar-refractivity contribution in [3.63, 3.8) is 0 Å². The summed E-state index contributed by atoms with van der Waals surface area (Å²) in [6.45, 7) is 1.64. The monoisotopic (exact) mass is 299 g/mol. The zero-order valence-corrected chi connectivity index (χ0v) is 11.2. The summed E-state index contributed by atoms with van der Waals surface area (Å²) >= 11 is 0. The largest absolute Gasteiger partial charge is 0.508 e. The molecule has 0 unspecified atom stereocenters. The summed E-state index contributed by atoms with van der Waals surface area (Å²) in [5, 5.41) is 9.50. The van der Waals surface area contributed by atoms with Gasteiger partial charge in [-0.05, 0) is 36.8 Å². The van der Waals surface area contributed by atoms with E-state index in [1.807, 2.05) is 0 Å². The van der Waals surface area contributed by atoms with Crippen LogP contribution < -0.4 is 4.72 Å². The van der Waals surface area contributed by atoms with Crippen molar-refractivity contribution in [2.24, 2.45) is 0 Å². The SMILES string of the molecule is Cc1ccc(NS(=O)(=O)c2cc(F)ccc2F)cc1O. The molecule has 0 aliphatic rings. The van der Waals surface area contributed by atoms with Crippen molar-refractivity contribution in [3.05, 3.63) is 53.6 Å². The van der Waals surface area contributed by atoms with Gasteiger partial charge in [-0.1, -0.05) is 6.07 Å². The van der Waals surface area contributed by atoms with Crippen LogP contribution in [0, 0.1) is 18.6 Å². The average molecular weight is 299 g/mol. The third-order valence-corrected chi connectivity index (χ3v) is 4.04. The molecule has 0 radical (unpaired) electrons. The van der Waals surface area contributed by atoms with Gasteiger partial charge in [0.25, 0.3) is 10.0 Å². The van der Waals surface area contributed by atoms with Crippen LogP contribution in [0.5, 0.6) is 5.75 Å². The molecule has 0 aromatic heterocycles. The number of aromatic hydroxyl groups is 1. The summed E-state index contributed by atoms with van der Waals surface area (Å²) in [4.78, 5) is -0.794. The first-order valence-electron chi connectivity index (χ1n) is 5.57. The number of halogens is 2. The first-order chi connectivity index (χ1) is 9.29. The normalized spacial score (nSPS) is 11.3. The number of aryl methyl sites for hydroxylation is 1. The number of rotatable bonds is 3. The minimum Gasteiger partial charge on any atom is -0.508 e. The van der Waals surface area contributed by atoms with Crippen LogP contribution in [0.25, 0.3) is 0 Å². The van der Waals surface area contributed by atoms with E-state index in [9.17, 15) is 22.3 Å². The molecule has 2 rings (SSSR count). The number of phenolic OH excluding ortho intramolecular Hbond substituents is 1. The van der Waals surface area contributed by atoms with E-state index in [0.717, 1.165) is 12.1 Å². The van der Waals surface area contributed by atoms with E-state index in [1.165, 1.54) is 18.2 Å². The maximum atomic E-state index is 13.5. The molecule has 0 bridgehead atoms. The highest BCUT2D eigenvalue weighted by atomic mass is 32.2. The van der Waals surface area contributed by atoms with E-state index in [2.05, 4.69) is 4.72 Å². The van der Waals surface area contributed by atoms with Crippen molar-refractivity contribution < 1.29 is 22.3 Å². The van der Waals surface area contributed by atoms with Crippen LogP contribution in [0.1, 0.15) is 5.56 Å². The standard InChI is InChI=1S/C13H11F2NO3S/c1-8-2-4-10(7-12(8)17)16-20(18,19)13-6-9(14)3-5-11(13)15/h2-7,16-17H,1H3. The summed E-state index contributed by atoms with van der Waals surface area (Å²) in [5.74, 6) is -2.03.